The topological polar surface area (TPSA) is 127 Å². The monoisotopic (exact) mass is 515 g/mol. The number of carboxylic acids is 1. The second kappa shape index (κ2) is 9.55. The number of likely N-dealkylation sites (N-methyl/N-ethyl adjacent to an activating group) is 1. The molecule has 0 aliphatic carbocycles. The van der Waals surface area contributed by atoms with Gasteiger partial charge in [0, 0.05) is 42.3 Å². The predicted molar refractivity (Wildman–Crippen MR) is 130 cm³/mol. The Hall–Kier alpha value is -3.63. The van der Waals surface area contributed by atoms with E-state index in [0.717, 1.165) is 16.4 Å². The molecular formula is C23H19ClFN5O4S. The molecule has 9 nitrogen and oxygen atoms in total. The predicted octanol–water partition coefficient (Wildman–Crippen LogP) is 5.30. The number of sulfonamides is 1. The summed E-state index contributed by atoms with van der Waals surface area (Å²) in [7, 11) is -2.70. The molecule has 1 atom stereocenters. The van der Waals surface area contributed by atoms with Crippen molar-refractivity contribution in [2.24, 2.45) is 5.11 Å². The fourth-order valence-electron chi connectivity index (χ4n) is 3.97. The van der Waals surface area contributed by atoms with Gasteiger partial charge in [0.25, 0.3) is 0 Å². The van der Waals surface area contributed by atoms with Crippen LogP contribution in [-0.4, -0.2) is 50.0 Å². The van der Waals surface area contributed by atoms with Crippen LogP contribution in [-0.2, 0) is 10.0 Å². The zero-order valence-electron chi connectivity index (χ0n) is 18.3. The minimum atomic E-state index is -4.10. The number of nitrogens with zero attached hydrogens (tertiary/aromatic N) is 5. The lowest BCUT2D eigenvalue weighted by atomic mass is 10.0. The highest BCUT2D eigenvalue weighted by Crippen LogP contribution is 2.42. The molecule has 1 aliphatic heterocycles. The quantitative estimate of drug-likeness (QED) is 0.280. The lowest BCUT2D eigenvalue weighted by Crippen LogP contribution is -2.42. The second-order valence-corrected chi connectivity index (χ2v) is 10.2. The molecule has 1 N–H and O–H groups in total. The molecule has 35 heavy (non-hydrogen) atoms. The van der Waals surface area contributed by atoms with Crippen LogP contribution in [0.15, 0.2) is 70.7 Å². The standard InChI is InChI=1S/C23H19ClFN5O4S/c1-29-16(12-27-28-26)13-30(15-5-3-2-4-6-15)21-11-19(24)17(10-22(21)35(29,33)34)14-7-8-20(25)18(9-14)23(31)32/h2-11,16H,12-13H2,1H3,(H,31,32)/t16-/m1/s1. The Morgan fingerprint density at radius 3 is 2.60 bits per heavy atom. The first-order valence-electron chi connectivity index (χ1n) is 10.3. The van der Waals surface area contributed by atoms with Gasteiger partial charge in [0.15, 0.2) is 0 Å². The molecule has 180 valence electrons. The number of para-hydroxylation sites is 1. The van der Waals surface area contributed by atoms with Gasteiger partial charge in [-0.1, -0.05) is 41.0 Å². The van der Waals surface area contributed by atoms with Gasteiger partial charge in [-0.15, -0.1) is 0 Å². The molecule has 1 aliphatic rings. The summed E-state index contributed by atoms with van der Waals surface area (Å²) in [6.45, 7) is 0.0885. The summed E-state index contributed by atoms with van der Waals surface area (Å²) in [6.07, 6.45) is 0. The van der Waals surface area contributed by atoms with Gasteiger partial charge < -0.3 is 10.0 Å². The fourth-order valence-corrected chi connectivity index (χ4v) is 5.77. The van der Waals surface area contributed by atoms with Crippen molar-refractivity contribution in [2.75, 3.05) is 25.0 Å². The first-order chi connectivity index (χ1) is 16.6. The van der Waals surface area contributed by atoms with Crippen LogP contribution in [0.1, 0.15) is 10.4 Å². The molecule has 0 spiro atoms. The van der Waals surface area contributed by atoms with Gasteiger partial charge in [0.05, 0.1) is 16.3 Å². The molecule has 0 fully saturated rings. The third-order valence-corrected chi connectivity index (χ3v) is 8.09. The summed E-state index contributed by atoms with van der Waals surface area (Å²) in [6, 6.07) is 14.7. The number of hydrogen-bond acceptors (Lipinski definition) is 5. The van der Waals surface area contributed by atoms with E-state index in [1.807, 2.05) is 30.3 Å². The Labute approximate surface area is 205 Å². The third-order valence-electron chi connectivity index (χ3n) is 5.84. The van der Waals surface area contributed by atoms with Crippen molar-refractivity contribution in [3.8, 4) is 11.1 Å². The van der Waals surface area contributed by atoms with Crippen molar-refractivity contribution >= 4 is 39.0 Å². The Kier molecular flexibility index (Phi) is 6.68. The molecular weight excluding hydrogens is 497 g/mol. The van der Waals surface area contributed by atoms with Gasteiger partial charge in [0.2, 0.25) is 10.0 Å². The molecule has 1 heterocycles. The van der Waals surface area contributed by atoms with Crippen LogP contribution in [0.5, 0.6) is 0 Å². The summed E-state index contributed by atoms with van der Waals surface area (Å²) in [5.74, 6) is -2.38. The molecule has 0 bridgehead atoms. The summed E-state index contributed by atoms with van der Waals surface area (Å²) >= 11 is 6.58. The zero-order valence-corrected chi connectivity index (χ0v) is 19.9. The smallest absolute Gasteiger partial charge is 0.338 e. The zero-order chi connectivity index (χ0) is 25.3. The average Bonchev–Trinajstić information content (AvgIpc) is 2.91. The van der Waals surface area contributed by atoms with Crippen LogP contribution in [0.2, 0.25) is 5.02 Å². The van der Waals surface area contributed by atoms with E-state index >= 15 is 0 Å². The van der Waals surface area contributed by atoms with Crippen LogP contribution in [0.25, 0.3) is 21.6 Å². The number of aromatic carboxylic acids is 1. The van der Waals surface area contributed by atoms with Gasteiger partial charge >= 0.3 is 5.97 Å². The number of fused-ring (bicyclic) bond motifs is 1. The van der Waals surface area contributed by atoms with E-state index in [1.54, 1.807) is 4.90 Å². The number of carboxylic acid groups (broad SMARTS) is 1. The van der Waals surface area contributed by atoms with Gasteiger partial charge in [0.1, 0.15) is 10.7 Å². The van der Waals surface area contributed by atoms with E-state index in [9.17, 15) is 22.7 Å². The Morgan fingerprint density at radius 2 is 1.94 bits per heavy atom. The van der Waals surface area contributed by atoms with Crippen molar-refractivity contribution in [1.82, 2.24) is 4.31 Å². The number of azide groups is 1. The van der Waals surface area contributed by atoms with E-state index < -0.39 is 33.4 Å². The van der Waals surface area contributed by atoms with Crippen LogP contribution in [0.3, 0.4) is 0 Å². The van der Waals surface area contributed by atoms with Crippen molar-refractivity contribution in [3.05, 3.63) is 87.5 Å². The molecule has 3 aromatic carbocycles. The minimum Gasteiger partial charge on any atom is -0.478 e. The molecule has 0 saturated carbocycles. The van der Waals surface area contributed by atoms with E-state index in [1.165, 1.54) is 25.2 Å². The molecule has 0 aromatic heterocycles. The maximum Gasteiger partial charge on any atom is 0.338 e. The molecule has 0 unspecified atom stereocenters. The van der Waals surface area contributed by atoms with E-state index in [-0.39, 0.29) is 34.1 Å². The Bertz CT molecular complexity index is 1460. The van der Waals surface area contributed by atoms with Crippen LogP contribution < -0.4 is 4.90 Å². The van der Waals surface area contributed by atoms with Crippen molar-refractivity contribution in [1.29, 1.82) is 0 Å². The fraction of sp³-hybridized carbons (Fsp3) is 0.174. The number of rotatable bonds is 5. The van der Waals surface area contributed by atoms with Crippen LogP contribution in [0.4, 0.5) is 15.8 Å². The molecule has 0 saturated heterocycles. The summed E-state index contributed by atoms with van der Waals surface area (Å²) < 4.78 is 42.4. The highest BCUT2D eigenvalue weighted by molar-refractivity contribution is 7.89. The maximum absolute atomic E-state index is 14.0. The number of anilines is 2. The van der Waals surface area contributed by atoms with Gasteiger partial charge in [-0.25, -0.2) is 17.6 Å². The lowest BCUT2D eigenvalue weighted by Gasteiger charge is -2.28. The number of halogens is 2. The average molecular weight is 516 g/mol. The van der Waals surface area contributed by atoms with Crippen molar-refractivity contribution in [3.63, 3.8) is 0 Å². The first-order valence-corrected chi connectivity index (χ1v) is 12.1. The molecule has 0 amide bonds. The summed E-state index contributed by atoms with van der Waals surface area (Å²) in [4.78, 5) is 15.9. The largest absolute Gasteiger partial charge is 0.478 e. The van der Waals surface area contributed by atoms with Crippen LogP contribution >= 0.6 is 11.6 Å². The molecule has 3 aromatic rings. The SMILES string of the molecule is CN1[C@H](CN=[N+]=[N-])CN(c2ccccc2)c2cc(Cl)c(-c3ccc(F)c(C(=O)O)c3)cc2S1(=O)=O. The molecule has 4 rings (SSSR count). The van der Waals surface area contributed by atoms with E-state index in [0.29, 0.717) is 11.4 Å². The van der Waals surface area contributed by atoms with E-state index in [2.05, 4.69) is 10.0 Å². The third kappa shape index (κ3) is 4.54. The van der Waals surface area contributed by atoms with Gasteiger partial charge in [-0.2, -0.15) is 4.31 Å². The number of hydrogen-bond donors (Lipinski definition) is 1. The van der Waals surface area contributed by atoms with Gasteiger partial charge in [-0.05, 0) is 47.5 Å². The number of benzene rings is 3. The maximum atomic E-state index is 14.0. The highest BCUT2D eigenvalue weighted by Gasteiger charge is 2.37. The van der Waals surface area contributed by atoms with Crippen LogP contribution in [0, 0.1) is 5.82 Å². The van der Waals surface area contributed by atoms with Gasteiger partial charge in [-0.3, -0.25) is 0 Å². The normalized spacial score (nSPS) is 17.2. The summed E-state index contributed by atoms with van der Waals surface area (Å²) in [5.41, 5.74) is 9.73. The lowest BCUT2D eigenvalue weighted by molar-refractivity contribution is 0.0692. The number of carbonyl (C=O) groups is 1. The Morgan fingerprint density at radius 1 is 1.23 bits per heavy atom. The Balaban J connectivity index is 1.97. The highest BCUT2D eigenvalue weighted by atomic mass is 35.5. The minimum absolute atomic E-state index is 0.0760. The van der Waals surface area contributed by atoms with Crippen molar-refractivity contribution in [2.45, 2.75) is 10.9 Å². The first kappa shape index (κ1) is 24.5. The van der Waals surface area contributed by atoms with E-state index in [4.69, 9.17) is 17.1 Å². The second-order valence-electron chi connectivity index (χ2n) is 7.83. The summed E-state index contributed by atoms with van der Waals surface area (Å²) in [5, 5.41) is 13.0. The van der Waals surface area contributed by atoms with Crippen molar-refractivity contribution < 1.29 is 22.7 Å². The molecule has 0 radical (unpaired) electrons. The molecule has 12 heteroatoms.